The second-order valence-electron chi connectivity index (χ2n) is 7.13. The van der Waals surface area contributed by atoms with Crippen LogP contribution in [0.3, 0.4) is 0 Å². The van der Waals surface area contributed by atoms with Crippen LogP contribution >= 0.6 is 7.82 Å². The Morgan fingerprint density at radius 2 is 1.97 bits per heavy atom. The van der Waals surface area contributed by atoms with Crippen molar-refractivity contribution in [1.29, 1.82) is 0 Å². The first kappa shape index (κ1) is 21.5. The average molecular weight is 424 g/mol. The number of aryl methyl sites for hydroxylation is 2. The third kappa shape index (κ3) is 5.46. The highest BCUT2D eigenvalue weighted by Crippen LogP contribution is 2.45. The van der Waals surface area contributed by atoms with Crippen molar-refractivity contribution in [2.45, 2.75) is 33.6 Å². The van der Waals surface area contributed by atoms with Gasteiger partial charge in [-0.2, -0.15) is 0 Å². The first-order valence-corrected chi connectivity index (χ1v) is 10.6. The standard InChI is InChI=1S/C19H25N2O7P/c1-13-5-6-17-16(9-13)15(7-8-20(3)4)10-21(17)12-26-29(23,24)25-11-18-14(2)27-19(22)28-18/h5-6,9-10H,7-8,11-12H2,1-4H3,(H,23,24). The number of benzene rings is 1. The quantitative estimate of drug-likeness (QED) is 0.522. The normalized spacial score (nSPS) is 14.0. The minimum absolute atomic E-state index is 0.0423. The third-order valence-corrected chi connectivity index (χ3v) is 5.40. The number of likely N-dealkylation sites (N-methyl/N-ethyl adjacent to an activating group) is 1. The summed E-state index contributed by atoms with van der Waals surface area (Å²) in [5, 5.41) is 1.08. The maximum atomic E-state index is 12.2. The second-order valence-corrected chi connectivity index (χ2v) is 8.59. The summed E-state index contributed by atoms with van der Waals surface area (Å²) < 4.78 is 33.5. The van der Waals surface area contributed by atoms with Gasteiger partial charge in [-0.15, -0.1) is 0 Å². The van der Waals surface area contributed by atoms with Gasteiger partial charge in [-0.05, 0) is 52.1 Å². The number of aromatic nitrogens is 1. The lowest BCUT2D eigenvalue weighted by Gasteiger charge is -2.12. The molecule has 0 radical (unpaired) electrons. The molecule has 158 valence electrons. The van der Waals surface area contributed by atoms with Crippen molar-refractivity contribution in [3.8, 4) is 0 Å². The van der Waals surface area contributed by atoms with Gasteiger partial charge < -0.3 is 23.2 Å². The van der Waals surface area contributed by atoms with Crippen LogP contribution in [0, 0.1) is 13.8 Å². The molecule has 29 heavy (non-hydrogen) atoms. The van der Waals surface area contributed by atoms with Crippen LogP contribution in [0.5, 0.6) is 0 Å². The Kier molecular flexibility index (Phi) is 6.45. The summed E-state index contributed by atoms with van der Waals surface area (Å²) in [7, 11) is -0.355. The van der Waals surface area contributed by atoms with Gasteiger partial charge in [0.05, 0.1) is 5.52 Å². The van der Waals surface area contributed by atoms with Crippen molar-refractivity contribution >= 4 is 18.7 Å². The molecule has 0 aliphatic heterocycles. The average Bonchev–Trinajstić information content (AvgIpc) is 3.15. The summed E-state index contributed by atoms with van der Waals surface area (Å²) in [6.07, 6.45) is 2.76. The molecule has 0 aliphatic carbocycles. The summed E-state index contributed by atoms with van der Waals surface area (Å²) in [5.41, 5.74) is 3.17. The van der Waals surface area contributed by atoms with Crippen LogP contribution in [0.15, 0.2) is 38.0 Å². The molecule has 0 saturated carbocycles. The van der Waals surface area contributed by atoms with Crippen molar-refractivity contribution in [3.63, 3.8) is 0 Å². The fraction of sp³-hybridized carbons (Fsp3) is 0.421. The molecule has 1 aromatic carbocycles. The van der Waals surface area contributed by atoms with E-state index >= 15 is 0 Å². The van der Waals surface area contributed by atoms with Gasteiger partial charge in [0.15, 0.2) is 5.76 Å². The van der Waals surface area contributed by atoms with Crippen LogP contribution in [0.1, 0.15) is 22.6 Å². The molecule has 0 saturated heterocycles. The SMILES string of the molecule is Cc1ccc2c(c1)c(CCN(C)C)cn2COP(=O)(O)OCc1oc(=O)oc1C. The van der Waals surface area contributed by atoms with E-state index in [1.54, 1.807) is 4.57 Å². The van der Waals surface area contributed by atoms with E-state index in [1.165, 1.54) is 6.92 Å². The van der Waals surface area contributed by atoms with Gasteiger partial charge >= 0.3 is 13.6 Å². The molecule has 3 rings (SSSR count). The molecule has 0 fully saturated rings. The van der Waals surface area contributed by atoms with Crippen LogP contribution < -0.4 is 5.82 Å². The number of phosphoric acid groups is 1. The van der Waals surface area contributed by atoms with Crippen molar-refractivity contribution < 1.29 is 27.3 Å². The first-order valence-electron chi connectivity index (χ1n) is 9.09. The molecule has 0 bridgehead atoms. The van der Waals surface area contributed by atoms with Gasteiger partial charge in [0.1, 0.15) is 19.1 Å². The fourth-order valence-electron chi connectivity index (χ4n) is 2.95. The molecule has 2 heterocycles. The minimum atomic E-state index is -4.38. The summed E-state index contributed by atoms with van der Waals surface area (Å²) in [4.78, 5) is 23.1. The Balaban J connectivity index is 1.72. The largest absolute Gasteiger partial charge is 0.519 e. The van der Waals surface area contributed by atoms with Crippen molar-refractivity contribution in [2.24, 2.45) is 0 Å². The van der Waals surface area contributed by atoms with E-state index in [2.05, 4.69) is 15.4 Å². The maximum Gasteiger partial charge on any atom is 0.519 e. The number of hydrogen-bond acceptors (Lipinski definition) is 7. The lowest BCUT2D eigenvalue weighted by atomic mass is 10.1. The zero-order valence-electron chi connectivity index (χ0n) is 16.9. The zero-order valence-corrected chi connectivity index (χ0v) is 17.8. The second kappa shape index (κ2) is 8.69. The van der Waals surface area contributed by atoms with Crippen LogP contribution in [0.2, 0.25) is 0 Å². The highest BCUT2D eigenvalue weighted by atomic mass is 31.2. The van der Waals surface area contributed by atoms with Crippen LogP contribution in [0.25, 0.3) is 10.9 Å². The van der Waals surface area contributed by atoms with Crippen molar-refractivity contribution in [2.75, 3.05) is 20.6 Å². The van der Waals surface area contributed by atoms with E-state index in [9.17, 15) is 14.3 Å². The van der Waals surface area contributed by atoms with Crippen molar-refractivity contribution in [1.82, 2.24) is 9.47 Å². The Hall–Kier alpha value is -2.16. The van der Waals surface area contributed by atoms with Crippen LogP contribution in [-0.2, 0) is 33.4 Å². The Morgan fingerprint density at radius 1 is 1.21 bits per heavy atom. The van der Waals surface area contributed by atoms with Gasteiger partial charge in [0.25, 0.3) is 0 Å². The molecule has 1 N–H and O–H groups in total. The van der Waals surface area contributed by atoms with Gasteiger partial charge in [-0.25, -0.2) is 9.36 Å². The molecule has 0 spiro atoms. The smallest absolute Gasteiger partial charge is 0.396 e. The third-order valence-electron chi connectivity index (χ3n) is 4.50. The Labute approximate surface area is 168 Å². The predicted molar refractivity (Wildman–Crippen MR) is 107 cm³/mol. The molecule has 2 aromatic heterocycles. The molecular formula is C19H25N2O7P. The van der Waals surface area contributed by atoms with Gasteiger partial charge in [-0.3, -0.25) is 9.05 Å². The molecular weight excluding hydrogens is 399 g/mol. The monoisotopic (exact) mass is 424 g/mol. The topological polar surface area (TPSA) is 107 Å². The molecule has 9 nitrogen and oxygen atoms in total. The molecule has 3 aromatic rings. The van der Waals surface area contributed by atoms with E-state index < -0.39 is 20.3 Å². The molecule has 0 aliphatic rings. The summed E-state index contributed by atoms with van der Waals surface area (Å²) in [5.74, 6) is -0.665. The number of rotatable bonds is 9. The predicted octanol–water partition coefficient (Wildman–Crippen LogP) is 3.20. The van der Waals surface area contributed by atoms with E-state index in [0.717, 1.165) is 35.0 Å². The van der Waals surface area contributed by atoms with Crippen molar-refractivity contribution in [3.05, 3.63) is 57.7 Å². The highest BCUT2D eigenvalue weighted by molar-refractivity contribution is 7.47. The van der Waals surface area contributed by atoms with E-state index in [0.29, 0.717) is 0 Å². The molecule has 0 amide bonds. The molecule has 1 unspecified atom stereocenters. The summed E-state index contributed by atoms with van der Waals surface area (Å²) in [6, 6.07) is 6.03. The van der Waals surface area contributed by atoms with Gasteiger partial charge in [0.2, 0.25) is 0 Å². The fourth-order valence-corrected chi connectivity index (χ4v) is 3.58. The number of fused-ring (bicyclic) bond motifs is 1. The zero-order chi connectivity index (χ0) is 21.2. The van der Waals surface area contributed by atoms with Crippen LogP contribution in [-0.4, -0.2) is 35.0 Å². The van der Waals surface area contributed by atoms with E-state index in [4.69, 9.17) is 13.5 Å². The lowest BCUT2D eigenvalue weighted by molar-refractivity contribution is 0.109. The summed E-state index contributed by atoms with van der Waals surface area (Å²) in [6.45, 7) is 3.82. The van der Waals surface area contributed by atoms with Gasteiger partial charge in [0, 0.05) is 18.1 Å². The number of nitrogens with zero attached hydrogens (tertiary/aromatic N) is 2. The number of hydrogen-bond donors (Lipinski definition) is 1. The van der Waals surface area contributed by atoms with Crippen LogP contribution in [0.4, 0.5) is 0 Å². The number of phosphoric ester groups is 1. The molecule has 1 atom stereocenters. The first-order chi connectivity index (χ1) is 13.6. The lowest BCUT2D eigenvalue weighted by Crippen LogP contribution is -2.14. The Morgan fingerprint density at radius 3 is 2.62 bits per heavy atom. The summed E-state index contributed by atoms with van der Waals surface area (Å²) >= 11 is 0. The van der Waals surface area contributed by atoms with Gasteiger partial charge in [-0.1, -0.05) is 11.6 Å². The molecule has 10 heteroatoms. The minimum Gasteiger partial charge on any atom is -0.396 e. The Bertz CT molecular complexity index is 1100. The van der Waals surface area contributed by atoms with E-state index in [1.807, 2.05) is 39.3 Å². The van der Waals surface area contributed by atoms with E-state index in [-0.39, 0.29) is 18.3 Å². The highest BCUT2D eigenvalue weighted by Gasteiger charge is 2.24. The maximum absolute atomic E-state index is 12.2.